The summed E-state index contributed by atoms with van der Waals surface area (Å²) in [5, 5.41) is 10.8. The Morgan fingerprint density at radius 2 is 2.17 bits per heavy atom. The molecule has 1 rings (SSSR count). The van der Waals surface area contributed by atoms with E-state index in [0.29, 0.717) is 5.75 Å². The van der Waals surface area contributed by atoms with Crippen molar-refractivity contribution in [2.24, 2.45) is 0 Å². The van der Waals surface area contributed by atoms with Crippen molar-refractivity contribution in [1.29, 1.82) is 0 Å². The SMILES string of the molecule is COc1cccc(CNC(=O)NOCC(=O)O)c1. The molecule has 0 radical (unpaired) electrons. The van der Waals surface area contributed by atoms with Crippen molar-refractivity contribution in [3.63, 3.8) is 0 Å². The summed E-state index contributed by atoms with van der Waals surface area (Å²) in [5.41, 5.74) is 2.80. The minimum Gasteiger partial charge on any atom is -0.497 e. The normalized spacial score (nSPS) is 9.61. The van der Waals surface area contributed by atoms with Gasteiger partial charge in [-0.25, -0.2) is 15.1 Å². The first-order chi connectivity index (χ1) is 8.61. The van der Waals surface area contributed by atoms with Gasteiger partial charge in [0.1, 0.15) is 5.75 Å². The highest BCUT2D eigenvalue weighted by molar-refractivity contribution is 5.73. The van der Waals surface area contributed by atoms with Crippen molar-refractivity contribution < 1.29 is 24.3 Å². The third-order valence-corrected chi connectivity index (χ3v) is 1.95. The van der Waals surface area contributed by atoms with E-state index >= 15 is 0 Å². The van der Waals surface area contributed by atoms with E-state index in [1.807, 2.05) is 11.5 Å². The van der Waals surface area contributed by atoms with Gasteiger partial charge < -0.3 is 15.2 Å². The van der Waals surface area contributed by atoms with Crippen molar-refractivity contribution in [3.05, 3.63) is 29.8 Å². The van der Waals surface area contributed by atoms with Crippen LogP contribution in [0.5, 0.6) is 5.75 Å². The maximum Gasteiger partial charge on any atom is 0.338 e. The van der Waals surface area contributed by atoms with Gasteiger partial charge in [0, 0.05) is 6.54 Å². The Labute approximate surface area is 104 Å². The van der Waals surface area contributed by atoms with E-state index in [1.54, 1.807) is 25.3 Å². The lowest BCUT2D eigenvalue weighted by molar-refractivity contribution is -0.144. The summed E-state index contributed by atoms with van der Waals surface area (Å²) in [5.74, 6) is -0.472. The molecule has 0 bridgehead atoms. The molecule has 3 N–H and O–H groups in total. The van der Waals surface area contributed by atoms with E-state index < -0.39 is 18.6 Å². The molecule has 0 unspecified atom stereocenters. The van der Waals surface area contributed by atoms with Crippen LogP contribution in [0.2, 0.25) is 0 Å². The van der Waals surface area contributed by atoms with Gasteiger partial charge >= 0.3 is 12.0 Å². The Morgan fingerprint density at radius 3 is 2.83 bits per heavy atom. The molecular weight excluding hydrogens is 240 g/mol. The van der Waals surface area contributed by atoms with Gasteiger partial charge in [-0.3, -0.25) is 4.84 Å². The number of hydrogen-bond donors (Lipinski definition) is 3. The molecule has 0 fully saturated rings. The number of carboxylic acid groups (broad SMARTS) is 1. The smallest absolute Gasteiger partial charge is 0.338 e. The number of hydrogen-bond acceptors (Lipinski definition) is 4. The van der Waals surface area contributed by atoms with Crippen molar-refractivity contribution >= 4 is 12.0 Å². The van der Waals surface area contributed by atoms with Crippen LogP contribution in [-0.2, 0) is 16.2 Å². The summed E-state index contributed by atoms with van der Waals surface area (Å²) < 4.78 is 5.03. The Morgan fingerprint density at radius 1 is 1.39 bits per heavy atom. The van der Waals surface area contributed by atoms with E-state index in [-0.39, 0.29) is 6.54 Å². The zero-order chi connectivity index (χ0) is 13.4. The first-order valence-corrected chi connectivity index (χ1v) is 5.12. The minimum absolute atomic E-state index is 0.277. The third kappa shape index (κ3) is 5.17. The fourth-order valence-corrected chi connectivity index (χ4v) is 1.16. The Balaban J connectivity index is 2.31. The molecule has 0 heterocycles. The molecule has 0 aliphatic heterocycles. The number of urea groups is 1. The van der Waals surface area contributed by atoms with Crippen molar-refractivity contribution in [1.82, 2.24) is 10.8 Å². The lowest BCUT2D eigenvalue weighted by atomic mass is 10.2. The summed E-state index contributed by atoms with van der Waals surface area (Å²) in [6, 6.07) is 6.58. The molecule has 1 aromatic carbocycles. The largest absolute Gasteiger partial charge is 0.497 e. The highest BCUT2D eigenvalue weighted by atomic mass is 16.7. The number of amides is 2. The summed E-state index contributed by atoms with van der Waals surface area (Å²) in [6.45, 7) is -0.313. The van der Waals surface area contributed by atoms with E-state index in [4.69, 9.17) is 9.84 Å². The molecule has 2 amide bonds. The first kappa shape index (κ1) is 13.8. The number of aliphatic carboxylic acids is 1. The zero-order valence-electron chi connectivity index (χ0n) is 9.80. The molecule has 0 aliphatic carbocycles. The van der Waals surface area contributed by atoms with E-state index in [2.05, 4.69) is 10.2 Å². The second-order valence-corrected chi connectivity index (χ2v) is 3.32. The predicted octanol–water partition coefficient (Wildman–Crippen LogP) is 0.511. The number of methoxy groups -OCH3 is 1. The average Bonchev–Trinajstić information content (AvgIpc) is 2.36. The number of ether oxygens (including phenoxy) is 1. The monoisotopic (exact) mass is 254 g/mol. The van der Waals surface area contributed by atoms with Gasteiger partial charge in [0.25, 0.3) is 0 Å². The number of hydroxylamine groups is 1. The van der Waals surface area contributed by atoms with Crippen LogP contribution in [0.1, 0.15) is 5.56 Å². The predicted molar refractivity (Wildman–Crippen MR) is 62.0 cm³/mol. The second-order valence-electron chi connectivity index (χ2n) is 3.32. The van der Waals surface area contributed by atoms with Crippen LogP contribution in [0.4, 0.5) is 4.79 Å². The van der Waals surface area contributed by atoms with E-state index in [0.717, 1.165) is 5.56 Å². The van der Waals surface area contributed by atoms with Crippen molar-refractivity contribution in [3.8, 4) is 5.75 Å². The van der Waals surface area contributed by atoms with Crippen LogP contribution in [-0.4, -0.2) is 30.8 Å². The first-order valence-electron chi connectivity index (χ1n) is 5.12. The summed E-state index contributed by atoms with van der Waals surface area (Å²) in [4.78, 5) is 25.7. The van der Waals surface area contributed by atoms with Crippen LogP contribution in [0.15, 0.2) is 24.3 Å². The summed E-state index contributed by atoms with van der Waals surface area (Å²) in [7, 11) is 1.55. The molecule has 7 nitrogen and oxygen atoms in total. The van der Waals surface area contributed by atoms with E-state index in [9.17, 15) is 9.59 Å². The van der Waals surface area contributed by atoms with Gasteiger partial charge in [0.2, 0.25) is 0 Å². The Bertz CT molecular complexity index is 422. The molecule has 1 aromatic rings. The fourth-order valence-electron chi connectivity index (χ4n) is 1.16. The van der Waals surface area contributed by atoms with Gasteiger partial charge in [-0.15, -0.1) is 0 Å². The molecule has 98 valence electrons. The van der Waals surface area contributed by atoms with Gasteiger partial charge in [-0.05, 0) is 17.7 Å². The van der Waals surface area contributed by atoms with Crippen LogP contribution < -0.4 is 15.5 Å². The van der Waals surface area contributed by atoms with Crippen molar-refractivity contribution in [2.75, 3.05) is 13.7 Å². The Kier molecular flexibility index (Phi) is 5.46. The van der Waals surface area contributed by atoms with Gasteiger partial charge in [-0.1, -0.05) is 12.1 Å². The third-order valence-electron chi connectivity index (χ3n) is 1.95. The van der Waals surface area contributed by atoms with Crippen LogP contribution in [0.3, 0.4) is 0 Å². The number of rotatable bonds is 6. The number of carbonyl (C=O) groups excluding carboxylic acids is 1. The topological polar surface area (TPSA) is 96.9 Å². The van der Waals surface area contributed by atoms with Gasteiger partial charge in [-0.2, -0.15) is 0 Å². The highest BCUT2D eigenvalue weighted by Gasteiger charge is 2.03. The molecule has 0 spiro atoms. The minimum atomic E-state index is -1.16. The number of benzene rings is 1. The zero-order valence-corrected chi connectivity index (χ0v) is 9.80. The molecule has 18 heavy (non-hydrogen) atoms. The lowest BCUT2D eigenvalue weighted by Crippen LogP contribution is -2.36. The molecule has 0 saturated heterocycles. The maximum absolute atomic E-state index is 11.2. The summed E-state index contributed by atoms with van der Waals surface area (Å²) >= 11 is 0. The molecular formula is C11H14N2O5. The second kappa shape index (κ2) is 7.13. The molecule has 0 aliphatic rings. The number of carboxylic acids is 1. The van der Waals surface area contributed by atoms with Gasteiger partial charge in [0.05, 0.1) is 7.11 Å². The molecule has 0 aromatic heterocycles. The van der Waals surface area contributed by atoms with Crippen LogP contribution >= 0.6 is 0 Å². The molecule has 0 atom stereocenters. The van der Waals surface area contributed by atoms with Crippen LogP contribution in [0.25, 0.3) is 0 Å². The molecule has 0 saturated carbocycles. The lowest BCUT2D eigenvalue weighted by Gasteiger charge is -2.07. The number of nitrogens with one attached hydrogen (secondary N) is 2. The van der Waals surface area contributed by atoms with Crippen molar-refractivity contribution in [2.45, 2.75) is 6.54 Å². The molecule has 7 heteroatoms. The number of carbonyl (C=O) groups is 2. The fraction of sp³-hybridized carbons (Fsp3) is 0.273. The highest BCUT2D eigenvalue weighted by Crippen LogP contribution is 2.11. The van der Waals surface area contributed by atoms with E-state index in [1.165, 1.54) is 0 Å². The van der Waals surface area contributed by atoms with Gasteiger partial charge in [0.15, 0.2) is 6.61 Å². The quantitative estimate of drug-likeness (QED) is 0.643. The Hall–Kier alpha value is -2.28. The standard InChI is InChI=1S/C11H14N2O5/c1-17-9-4-2-3-8(5-9)6-12-11(16)13-18-7-10(14)15/h2-5H,6-7H2,1H3,(H,14,15)(H2,12,13,16). The average molecular weight is 254 g/mol. The maximum atomic E-state index is 11.2. The van der Waals surface area contributed by atoms with Crippen LogP contribution in [0, 0.1) is 0 Å². The summed E-state index contributed by atoms with van der Waals surface area (Å²) in [6.07, 6.45) is 0.